The van der Waals surface area contributed by atoms with Crippen LogP contribution in [0.4, 0.5) is 41.1 Å². The zero-order valence-corrected chi connectivity index (χ0v) is 31.2. The van der Waals surface area contributed by atoms with Crippen LogP contribution in [0.2, 0.25) is 0 Å². The number of carbonyl (C=O) groups is 6. The maximum absolute atomic E-state index is 14.6. The SMILES string of the molecule is CC(=O)Cl.CC(=O)NC[C@H]1CN(c2ccc(N3C=NN(C(C)=O)CC3)c(F)c2)C(=O)O1.CC(=O)NC[C@H]1CN(c2ccc(N3C=NNCC3)c(F)c2)C(=O)O1. The normalized spacial score (nSPS) is 18.6. The van der Waals surface area contributed by atoms with Gasteiger partial charge in [0.2, 0.25) is 23.0 Å². The van der Waals surface area contributed by atoms with Gasteiger partial charge >= 0.3 is 12.2 Å². The largest absolute Gasteiger partial charge is 0.442 e. The first-order valence-electron chi connectivity index (χ1n) is 16.9. The minimum atomic E-state index is -0.589. The topological polar surface area (TPSA) is 198 Å². The van der Waals surface area contributed by atoms with Crippen molar-refractivity contribution in [1.29, 1.82) is 0 Å². The van der Waals surface area contributed by atoms with E-state index in [0.717, 1.165) is 0 Å². The fourth-order valence-corrected chi connectivity index (χ4v) is 5.44. The van der Waals surface area contributed by atoms with Gasteiger partial charge in [0.25, 0.3) is 0 Å². The lowest BCUT2D eigenvalue weighted by molar-refractivity contribution is -0.129. The number of carbonyl (C=O) groups excluding carboxylic acids is 6. The minimum Gasteiger partial charge on any atom is -0.442 e. The van der Waals surface area contributed by atoms with Crippen LogP contribution < -0.4 is 35.7 Å². The second kappa shape index (κ2) is 19.3. The fourth-order valence-electron chi connectivity index (χ4n) is 5.44. The summed E-state index contributed by atoms with van der Waals surface area (Å²) in [5, 5.41) is 14.0. The molecule has 0 aliphatic carbocycles. The first-order chi connectivity index (χ1) is 26.1. The number of ether oxygens (including phenoxy) is 2. The Hall–Kier alpha value is -6.05. The number of hydrogen-bond donors (Lipinski definition) is 3. The van der Waals surface area contributed by atoms with Gasteiger partial charge in [-0.2, -0.15) is 10.2 Å². The predicted molar refractivity (Wildman–Crippen MR) is 199 cm³/mol. The molecule has 21 heteroatoms. The van der Waals surface area contributed by atoms with Gasteiger partial charge in [-0.05, 0) is 48.0 Å². The van der Waals surface area contributed by atoms with Gasteiger partial charge in [0.15, 0.2) is 0 Å². The molecule has 3 N–H and O–H groups in total. The Labute approximate surface area is 320 Å². The third kappa shape index (κ3) is 12.0. The molecule has 6 rings (SSSR count). The molecule has 0 bridgehead atoms. The van der Waals surface area contributed by atoms with Gasteiger partial charge in [0, 0.05) is 40.8 Å². The van der Waals surface area contributed by atoms with E-state index in [1.165, 1.54) is 67.3 Å². The van der Waals surface area contributed by atoms with Crippen molar-refractivity contribution in [2.75, 3.05) is 72.0 Å². The van der Waals surface area contributed by atoms with Crippen LogP contribution in [0, 0.1) is 11.6 Å². The lowest BCUT2D eigenvalue weighted by Gasteiger charge is -2.28. The molecule has 0 aromatic heterocycles. The fraction of sp³-hybridized carbons (Fsp3) is 0.412. The van der Waals surface area contributed by atoms with E-state index < -0.39 is 36.0 Å². The predicted octanol–water partition coefficient (Wildman–Crippen LogP) is 2.31. The second-order valence-corrected chi connectivity index (χ2v) is 12.8. The Morgan fingerprint density at radius 2 is 1.25 bits per heavy atom. The Morgan fingerprint density at radius 1 is 0.782 bits per heavy atom. The maximum atomic E-state index is 14.6. The van der Waals surface area contributed by atoms with E-state index in [2.05, 4.69) is 37.9 Å². The van der Waals surface area contributed by atoms with Crippen molar-refractivity contribution < 1.29 is 47.0 Å². The summed E-state index contributed by atoms with van der Waals surface area (Å²) in [7, 11) is 0. The monoisotopic (exact) mass is 790 g/mol. The number of benzene rings is 2. The molecular formula is C34H41ClF2N10O8. The second-order valence-electron chi connectivity index (χ2n) is 12.3. The Kier molecular flexibility index (Phi) is 14.7. The van der Waals surface area contributed by atoms with Crippen LogP contribution in [-0.2, 0) is 28.7 Å². The van der Waals surface area contributed by atoms with Gasteiger partial charge in [-0.3, -0.25) is 29.0 Å². The summed E-state index contributed by atoms with van der Waals surface area (Å²) in [5.74, 6) is -1.56. The molecule has 0 saturated carbocycles. The summed E-state index contributed by atoms with van der Waals surface area (Å²) in [4.78, 5) is 72.3. The zero-order chi connectivity index (χ0) is 40.2. The molecule has 2 aromatic carbocycles. The molecule has 2 atom stereocenters. The minimum absolute atomic E-state index is 0.178. The molecule has 4 heterocycles. The molecule has 2 aromatic rings. The summed E-state index contributed by atoms with van der Waals surface area (Å²) in [6.07, 6.45) is 0.835. The molecule has 0 unspecified atom stereocenters. The summed E-state index contributed by atoms with van der Waals surface area (Å²) in [6.45, 7) is 8.38. The number of hydrogen-bond acceptors (Lipinski definition) is 13. The van der Waals surface area contributed by atoms with Crippen LogP contribution in [0.3, 0.4) is 0 Å². The first-order valence-corrected chi connectivity index (χ1v) is 17.3. The van der Waals surface area contributed by atoms with Crippen molar-refractivity contribution in [1.82, 2.24) is 21.1 Å². The molecule has 0 radical (unpaired) electrons. The molecule has 2 fully saturated rings. The number of nitrogens with zero attached hydrogens (tertiary/aromatic N) is 7. The molecule has 2 saturated heterocycles. The Bertz CT molecular complexity index is 1830. The first kappa shape index (κ1) is 41.7. The van der Waals surface area contributed by atoms with Crippen LogP contribution in [0.1, 0.15) is 27.7 Å². The summed E-state index contributed by atoms with van der Waals surface area (Å²) >= 11 is 4.64. The summed E-state index contributed by atoms with van der Waals surface area (Å²) in [6, 6.07) is 8.99. The maximum Gasteiger partial charge on any atom is 0.414 e. The number of amides is 5. The highest BCUT2D eigenvalue weighted by Crippen LogP contribution is 2.29. The van der Waals surface area contributed by atoms with E-state index in [0.29, 0.717) is 48.9 Å². The lowest BCUT2D eigenvalue weighted by atomic mass is 10.2. The number of hydrazone groups is 2. The van der Waals surface area contributed by atoms with Gasteiger partial charge in [-0.25, -0.2) is 23.4 Å². The van der Waals surface area contributed by atoms with Crippen molar-refractivity contribution in [3.8, 4) is 0 Å². The third-order valence-electron chi connectivity index (χ3n) is 8.01. The van der Waals surface area contributed by atoms with E-state index in [4.69, 9.17) is 9.47 Å². The Morgan fingerprint density at radius 3 is 1.62 bits per heavy atom. The smallest absolute Gasteiger partial charge is 0.414 e. The standard InChI is InChI=1S/C17H20FN5O4.C15H18FN5O3.C2H3ClO/c1-11(24)19-8-14-9-22(17(26)27-14)13-3-4-16(15(18)7-13)21-5-6-23(12(2)25)20-10-21;1-10(22)17-7-12-8-21(15(23)24-12)11-2-3-14(13(16)6-11)20-5-4-18-19-9-20;1-2(3)4/h3-4,7,10,14H,5-6,8-9H2,1-2H3,(H,19,24);2-3,6,9,12,18H,4-5,7-8H2,1H3,(H,17,22);1H3/t14-;12-;/m00./s1. The molecule has 5 amide bonds. The number of nitrogens with one attached hydrogen (secondary N) is 3. The molecule has 4 aliphatic rings. The van der Waals surface area contributed by atoms with Crippen LogP contribution in [0.25, 0.3) is 0 Å². The highest BCUT2D eigenvalue weighted by Gasteiger charge is 2.34. The Balaban J connectivity index is 0.000000224. The van der Waals surface area contributed by atoms with Crippen LogP contribution in [0.5, 0.6) is 0 Å². The van der Waals surface area contributed by atoms with Crippen molar-refractivity contribution in [2.24, 2.45) is 10.2 Å². The molecule has 296 valence electrons. The number of cyclic esters (lactones) is 2. The molecule has 4 aliphatic heterocycles. The number of rotatable bonds is 8. The number of anilines is 4. The quantitative estimate of drug-likeness (QED) is 0.332. The van der Waals surface area contributed by atoms with Gasteiger partial charge in [-0.15, -0.1) is 0 Å². The van der Waals surface area contributed by atoms with Gasteiger partial charge in [-0.1, -0.05) is 0 Å². The molecular weight excluding hydrogens is 750 g/mol. The van der Waals surface area contributed by atoms with Gasteiger partial charge in [0.05, 0.1) is 62.0 Å². The molecule has 18 nitrogen and oxygen atoms in total. The lowest BCUT2D eigenvalue weighted by Crippen LogP contribution is -2.40. The van der Waals surface area contributed by atoms with Gasteiger partial charge in [0.1, 0.15) is 36.5 Å². The van der Waals surface area contributed by atoms with Crippen LogP contribution in [-0.4, -0.2) is 117 Å². The van der Waals surface area contributed by atoms with Crippen molar-refractivity contribution in [3.63, 3.8) is 0 Å². The van der Waals surface area contributed by atoms with Crippen LogP contribution in [0.15, 0.2) is 46.6 Å². The third-order valence-corrected chi connectivity index (χ3v) is 8.01. The van der Waals surface area contributed by atoms with E-state index in [1.54, 1.807) is 34.1 Å². The average molecular weight is 791 g/mol. The average Bonchev–Trinajstić information content (AvgIpc) is 3.71. The van der Waals surface area contributed by atoms with Crippen LogP contribution >= 0.6 is 11.6 Å². The highest BCUT2D eigenvalue weighted by atomic mass is 35.5. The molecule has 0 spiro atoms. The van der Waals surface area contributed by atoms with E-state index in [9.17, 15) is 37.5 Å². The van der Waals surface area contributed by atoms with E-state index >= 15 is 0 Å². The summed E-state index contributed by atoms with van der Waals surface area (Å²) in [5.41, 5.74) is 4.27. The van der Waals surface area contributed by atoms with Crippen molar-refractivity contribution in [2.45, 2.75) is 39.9 Å². The van der Waals surface area contributed by atoms with Gasteiger partial charge < -0.3 is 35.3 Å². The van der Waals surface area contributed by atoms with Crippen molar-refractivity contribution in [3.05, 3.63) is 48.0 Å². The zero-order valence-electron chi connectivity index (χ0n) is 30.5. The van der Waals surface area contributed by atoms with E-state index in [1.807, 2.05) is 0 Å². The van der Waals surface area contributed by atoms with E-state index in [-0.39, 0.29) is 49.1 Å². The molecule has 55 heavy (non-hydrogen) atoms. The van der Waals surface area contributed by atoms with Crippen molar-refractivity contribution >= 4 is 82.2 Å². The summed E-state index contributed by atoms with van der Waals surface area (Å²) < 4.78 is 39.4. The number of halogens is 3. The highest BCUT2D eigenvalue weighted by molar-refractivity contribution is 6.62.